The molecule has 146 heavy (non-hydrogen) atoms. The van der Waals surface area contributed by atoms with Crippen LogP contribution in [0.3, 0.4) is 0 Å². The standard InChI is InChI=1S/C50H31NO.C48H34O.C43H27NO/c1-2-15-32(16-3-1)47-38-21-4-6-23-40(38)48(41-24-7-5-22-39(41)47)34-18-14-17-33(31-34)35-29-30-46-49(42-25-10-13-28-45(42)52-46)50(35)51-43-26-11-8-19-36(43)37-20-9-12-27-44(37)51;1-2-15-32(16-3-1)45-38-21-6-8-23-40(38)46(41-24-9-7-22-39(41)45)34-19-12-18-33(30-34)36-28-29-44-48(42-25-10-11-27-43(42)49-44)47(36)37-26-13-17-31-14-4-5-20-35(31)37;1-2-13-28(14-3-1)40-32-17-4-6-19-34(32)41(35-20-7-5-18-33(35)40)30-16-12-15-29(27-30)31-24-25-39-43(36-21-8-9-23-38(36)45-39)42(31)37-22-10-11-26-44-37/h1-31H;1-3,6-13,15-19,21-30H,4-5,14,20H2;1-27H/i2*1D,2D,3D,15D,16D;1D,2D,3D,13D,14D. The van der Waals surface area contributed by atoms with Gasteiger partial charge in [-0.05, 0) is 293 Å². The van der Waals surface area contributed by atoms with Crippen LogP contribution >= 0.6 is 0 Å². The third-order valence-corrected chi connectivity index (χ3v) is 29.4. The zero-order chi connectivity index (χ0) is 109. The molecule has 1 aliphatic rings. The van der Waals surface area contributed by atoms with Crippen LogP contribution in [0.15, 0.2) is 523 Å². The first-order chi connectivity index (χ1) is 78.7. The van der Waals surface area contributed by atoms with E-state index in [0.717, 1.165) is 238 Å². The molecule has 0 N–H and O–H groups in total. The van der Waals surface area contributed by atoms with Crippen LogP contribution in [0.2, 0.25) is 0 Å². The van der Waals surface area contributed by atoms with Gasteiger partial charge in [-0.15, -0.1) is 0 Å². The van der Waals surface area contributed by atoms with Crippen LogP contribution in [0.4, 0.5) is 0 Å². The molecule has 0 saturated carbocycles. The number of rotatable bonds is 12. The summed E-state index contributed by atoms with van der Waals surface area (Å²) in [7, 11) is 0. The van der Waals surface area contributed by atoms with Gasteiger partial charge in [-0.1, -0.05) is 412 Å². The number of fused-ring (bicyclic) bond motifs is 19. The maximum Gasteiger partial charge on any atom is 0.137 e. The molecule has 0 unspecified atom stereocenters. The lowest BCUT2D eigenvalue weighted by Crippen LogP contribution is -2.04. The fraction of sp³-hybridized carbons (Fsp3) is 0.0284. The van der Waals surface area contributed by atoms with E-state index in [9.17, 15) is 0 Å². The highest BCUT2D eigenvalue weighted by Crippen LogP contribution is 2.54. The van der Waals surface area contributed by atoms with Gasteiger partial charge >= 0.3 is 0 Å². The molecule has 0 bridgehead atoms. The summed E-state index contributed by atoms with van der Waals surface area (Å²) < 4.78 is 151. The van der Waals surface area contributed by atoms with Crippen molar-refractivity contribution < 1.29 is 33.8 Å². The summed E-state index contributed by atoms with van der Waals surface area (Å²) in [6.45, 7) is 0. The van der Waals surface area contributed by atoms with Gasteiger partial charge in [0.05, 0.1) is 48.4 Å². The van der Waals surface area contributed by atoms with Gasteiger partial charge in [0.1, 0.15) is 33.5 Å². The highest BCUT2D eigenvalue weighted by molar-refractivity contribution is 6.27. The van der Waals surface area contributed by atoms with Crippen molar-refractivity contribution in [2.24, 2.45) is 0 Å². The Morgan fingerprint density at radius 3 is 0.897 bits per heavy atom. The van der Waals surface area contributed by atoms with Crippen molar-refractivity contribution in [3.05, 3.63) is 520 Å². The molecule has 0 fully saturated rings. The molecule has 1 aliphatic carbocycles. The van der Waals surface area contributed by atoms with E-state index in [1.165, 1.54) is 45.9 Å². The summed E-state index contributed by atoms with van der Waals surface area (Å²) >= 11 is 0. The lowest BCUT2D eigenvalue weighted by atomic mass is 9.81. The average Bonchev–Trinajstić information content (AvgIpc) is 1.51. The first kappa shape index (κ1) is 70.8. The molecule has 5 heteroatoms. The van der Waals surface area contributed by atoms with E-state index in [0.29, 0.717) is 16.7 Å². The first-order valence-electron chi connectivity index (χ1n) is 56.9. The Morgan fingerprint density at radius 2 is 0.507 bits per heavy atom. The van der Waals surface area contributed by atoms with Gasteiger partial charge < -0.3 is 17.8 Å². The largest absolute Gasteiger partial charge is 0.456 e. The molecule has 5 heterocycles. The Morgan fingerprint density at radius 1 is 0.205 bits per heavy atom. The molecule has 684 valence electrons. The van der Waals surface area contributed by atoms with Crippen LogP contribution in [0.5, 0.6) is 0 Å². The smallest absolute Gasteiger partial charge is 0.137 e. The van der Waals surface area contributed by atoms with Gasteiger partial charge in [0.2, 0.25) is 0 Å². The van der Waals surface area contributed by atoms with Gasteiger partial charge in [-0.2, -0.15) is 0 Å². The summed E-state index contributed by atoms with van der Waals surface area (Å²) in [6.07, 6.45) is 6.34. The molecule has 0 spiro atoms. The van der Waals surface area contributed by atoms with Crippen molar-refractivity contribution in [2.45, 2.75) is 25.7 Å². The van der Waals surface area contributed by atoms with E-state index in [2.05, 4.69) is 229 Å². The predicted octanol–water partition coefficient (Wildman–Crippen LogP) is 39.4. The average molecular weight is 1880 g/mol. The lowest BCUT2D eigenvalue weighted by Gasteiger charge is -2.22. The number of pyridine rings is 1. The molecule has 0 aliphatic heterocycles. The number of aryl methyl sites for hydroxylation is 1. The van der Waals surface area contributed by atoms with E-state index in [1.54, 1.807) is 0 Å². The Kier molecular flexibility index (Phi) is 17.3. The highest BCUT2D eigenvalue weighted by atomic mass is 16.3. The normalized spacial score (nSPS) is 13.6. The molecule has 5 nitrogen and oxygen atoms in total. The summed E-state index contributed by atoms with van der Waals surface area (Å²) in [5, 5.41) is 19.2. The van der Waals surface area contributed by atoms with E-state index in [-0.39, 0.29) is 89.2 Å². The van der Waals surface area contributed by atoms with Crippen LogP contribution in [0, 0.1) is 0 Å². The number of furan rings is 3. The zero-order valence-electron chi connectivity index (χ0n) is 93.8. The maximum absolute atomic E-state index is 8.96. The quantitative estimate of drug-likeness (QED) is 0.114. The molecular formula is C141H92N2O3. The molecule has 5 aromatic heterocycles. The third-order valence-electron chi connectivity index (χ3n) is 29.4. The van der Waals surface area contributed by atoms with Gasteiger partial charge in [-0.3, -0.25) is 4.98 Å². The molecule has 29 aromatic rings. The Labute approximate surface area is 864 Å². The van der Waals surface area contributed by atoms with Crippen molar-refractivity contribution in [3.8, 4) is 128 Å². The monoisotopic (exact) mass is 1880 g/mol. The van der Waals surface area contributed by atoms with Crippen LogP contribution in [0.25, 0.3) is 280 Å². The van der Waals surface area contributed by atoms with Crippen molar-refractivity contribution in [1.82, 2.24) is 9.55 Å². The fourth-order valence-electron chi connectivity index (χ4n) is 23.4. The second-order valence-corrected chi connectivity index (χ2v) is 37.4. The predicted molar refractivity (Wildman–Crippen MR) is 615 cm³/mol. The van der Waals surface area contributed by atoms with Crippen molar-refractivity contribution in [1.29, 1.82) is 0 Å². The molecule has 0 amide bonds. The van der Waals surface area contributed by atoms with Crippen LogP contribution < -0.4 is 0 Å². The minimum absolute atomic E-state index is 0.198. The number of benzene rings is 24. The number of hydrogen-bond acceptors (Lipinski definition) is 4. The van der Waals surface area contributed by atoms with E-state index >= 15 is 0 Å². The molecule has 0 saturated heterocycles. The third kappa shape index (κ3) is 14.2. The van der Waals surface area contributed by atoms with Crippen LogP contribution in [-0.2, 0) is 12.8 Å². The van der Waals surface area contributed by atoms with Crippen molar-refractivity contribution >= 4 is 152 Å². The van der Waals surface area contributed by atoms with Gasteiger partial charge in [0, 0.05) is 60.6 Å². The molecule has 24 aromatic carbocycles. The summed E-state index contributed by atoms with van der Waals surface area (Å²) in [6, 6.07) is 136. The van der Waals surface area contributed by atoms with Crippen molar-refractivity contribution in [3.63, 3.8) is 0 Å². The second-order valence-electron chi connectivity index (χ2n) is 37.4. The lowest BCUT2D eigenvalue weighted by molar-refractivity contribution is 0.668. The van der Waals surface area contributed by atoms with Crippen molar-refractivity contribution in [2.75, 3.05) is 0 Å². The van der Waals surface area contributed by atoms with Gasteiger partial charge in [0.15, 0.2) is 0 Å². The minimum Gasteiger partial charge on any atom is -0.456 e. The number of aromatic nitrogens is 2. The summed E-state index contributed by atoms with van der Waals surface area (Å²) in [4.78, 5) is 4.79. The second kappa shape index (κ2) is 35.8. The minimum atomic E-state index is -0.405. The van der Waals surface area contributed by atoms with E-state index < -0.39 is 18.1 Å². The molecule has 30 rings (SSSR count). The first-order valence-corrected chi connectivity index (χ1v) is 49.4. The molecular weight excluding hydrogens is 1770 g/mol. The molecule has 0 atom stereocenters. The van der Waals surface area contributed by atoms with E-state index in [4.69, 9.17) is 38.8 Å². The Balaban J connectivity index is 0.000000114. The number of para-hydroxylation sites is 5. The maximum atomic E-state index is 8.96. The van der Waals surface area contributed by atoms with Crippen LogP contribution in [-0.4, -0.2) is 9.55 Å². The zero-order valence-corrected chi connectivity index (χ0v) is 78.8. The van der Waals surface area contributed by atoms with Crippen LogP contribution in [0.1, 0.15) is 44.5 Å². The van der Waals surface area contributed by atoms with Gasteiger partial charge in [-0.25, -0.2) is 0 Å². The summed E-state index contributed by atoms with van der Waals surface area (Å²) in [5.74, 6) is 0. The van der Waals surface area contributed by atoms with Gasteiger partial charge in [0.25, 0.3) is 0 Å². The van der Waals surface area contributed by atoms with E-state index in [1.807, 2.05) is 194 Å². The summed E-state index contributed by atoms with van der Waals surface area (Å²) in [5.41, 5.74) is 30.4. The SMILES string of the molecule is [2H]c1c([2H])c([2H])c(-c2c3ccccc3c(-c3cccc(-c4ccc5oc6ccccc6c5c4-c4cccc5c4CCCC5)c3)c3ccccc23)c([2H])c1[2H].[2H]c1c([2H])c([2H])c(-c2c3ccccc3c(-c3cccc(-c4ccc5oc6ccccc6c5c4-c4ccccn4)c3)c3ccccc23)c([2H])c1[2H].[2H]c1c([2H])c([2H])c(-c2c3ccccc3c(-c3cccc(-c4ccc5oc6ccccc6c5c4-n4c5ccccc5c5ccccc54)c3)c3ccccc23)c([2H])c1[2H]. The fourth-order valence-corrected chi connectivity index (χ4v) is 23.4. The molecule has 0 radical (unpaired) electrons. The number of nitrogens with zero attached hydrogens (tertiary/aromatic N) is 2. The Hall–Kier alpha value is -18.8. The number of hydrogen-bond donors (Lipinski definition) is 0. The topological polar surface area (TPSA) is 57.2 Å². The Bertz CT molecular complexity index is 11000. The highest BCUT2D eigenvalue weighted by Gasteiger charge is 2.29.